The predicted molar refractivity (Wildman–Crippen MR) is 63.4 cm³/mol. The fourth-order valence-corrected chi connectivity index (χ4v) is 2.63. The highest BCUT2D eigenvalue weighted by Crippen LogP contribution is 2.25. The maximum atomic E-state index is 11.9. The first-order chi connectivity index (χ1) is 7.39. The van der Waals surface area contributed by atoms with Gasteiger partial charge in [-0.2, -0.15) is 4.31 Å². The summed E-state index contributed by atoms with van der Waals surface area (Å²) in [5, 5.41) is 9.17. The lowest BCUT2D eigenvalue weighted by atomic mass is 10.4. The van der Waals surface area contributed by atoms with Crippen molar-refractivity contribution in [2.24, 2.45) is 0 Å². The number of hydrogen-bond donors (Lipinski definition) is 1. The molecule has 0 fully saturated rings. The summed E-state index contributed by atoms with van der Waals surface area (Å²) in [5.41, 5.74) is 0. The monoisotopic (exact) mass is 283 g/mol. The Morgan fingerprint density at radius 1 is 1.31 bits per heavy atom. The maximum absolute atomic E-state index is 11.9. The molecule has 0 radical (unpaired) electrons. The SMILES string of the molecule is CN(CCO)S(=O)(=O)c1ccc(Cl)c(Cl)c1. The van der Waals surface area contributed by atoms with E-state index in [-0.39, 0.29) is 23.1 Å². The number of hydrogen-bond acceptors (Lipinski definition) is 3. The van der Waals surface area contributed by atoms with Gasteiger partial charge in [-0.15, -0.1) is 0 Å². The normalized spacial score (nSPS) is 12.1. The second kappa shape index (κ2) is 5.33. The molecule has 0 saturated carbocycles. The van der Waals surface area contributed by atoms with Gasteiger partial charge >= 0.3 is 0 Å². The number of halogens is 2. The molecule has 16 heavy (non-hydrogen) atoms. The van der Waals surface area contributed by atoms with E-state index in [0.29, 0.717) is 5.02 Å². The summed E-state index contributed by atoms with van der Waals surface area (Å²) in [5.74, 6) is 0. The van der Waals surface area contributed by atoms with Crippen molar-refractivity contribution >= 4 is 33.2 Å². The van der Waals surface area contributed by atoms with Crippen LogP contribution in [0.4, 0.5) is 0 Å². The van der Waals surface area contributed by atoms with Gasteiger partial charge in [-0.25, -0.2) is 8.42 Å². The van der Waals surface area contributed by atoms with Gasteiger partial charge in [0.15, 0.2) is 0 Å². The molecular formula is C9H11Cl2NO3S. The average molecular weight is 284 g/mol. The number of benzene rings is 1. The first kappa shape index (κ1) is 13.7. The van der Waals surface area contributed by atoms with Crippen LogP contribution in [-0.4, -0.2) is 38.0 Å². The van der Waals surface area contributed by atoms with Crippen molar-refractivity contribution in [3.05, 3.63) is 28.2 Å². The molecule has 0 saturated heterocycles. The Balaban J connectivity index is 3.12. The molecule has 90 valence electrons. The minimum atomic E-state index is -3.61. The molecule has 0 unspecified atom stereocenters. The van der Waals surface area contributed by atoms with E-state index in [1.54, 1.807) is 0 Å². The van der Waals surface area contributed by atoms with Crippen LogP contribution in [0.1, 0.15) is 0 Å². The Hall–Kier alpha value is -0.330. The molecule has 0 aliphatic heterocycles. The zero-order valence-electron chi connectivity index (χ0n) is 8.52. The smallest absolute Gasteiger partial charge is 0.242 e. The second-order valence-corrected chi connectivity index (χ2v) is 5.99. The number of likely N-dealkylation sites (N-methyl/N-ethyl adjacent to an activating group) is 1. The van der Waals surface area contributed by atoms with Crippen LogP contribution >= 0.6 is 23.2 Å². The van der Waals surface area contributed by atoms with Gasteiger partial charge in [-0.1, -0.05) is 23.2 Å². The molecule has 1 aromatic rings. The zero-order chi connectivity index (χ0) is 12.3. The predicted octanol–water partition coefficient (Wildman–Crippen LogP) is 1.61. The van der Waals surface area contributed by atoms with Gasteiger partial charge in [0, 0.05) is 13.6 Å². The van der Waals surface area contributed by atoms with Crippen molar-refractivity contribution in [2.75, 3.05) is 20.2 Å². The largest absolute Gasteiger partial charge is 0.395 e. The first-order valence-corrected chi connectivity index (χ1v) is 6.61. The number of aliphatic hydroxyl groups is 1. The molecule has 1 N–H and O–H groups in total. The molecule has 1 rings (SSSR count). The van der Waals surface area contributed by atoms with Crippen LogP contribution in [0.2, 0.25) is 10.0 Å². The van der Waals surface area contributed by atoms with Crippen molar-refractivity contribution in [1.82, 2.24) is 4.31 Å². The highest BCUT2D eigenvalue weighted by Gasteiger charge is 2.20. The van der Waals surface area contributed by atoms with E-state index in [4.69, 9.17) is 28.3 Å². The molecule has 0 aromatic heterocycles. The lowest BCUT2D eigenvalue weighted by molar-refractivity contribution is 0.266. The molecule has 0 heterocycles. The molecule has 1 aromatic carbocycles. The summed E-state index contributed by atoms with van der Waals surface area (Å²) in [6.45, 7) is -0.209. The average Bonchev–Trinajstić information content (AvgIpc) is 2.22. The van der Waals surface area contributed by atoms with Crippen LogP contribution in [0.5, 0.6) is 0 Å². The summed E-state index contributed by atoms with van der Waals surface area (Å²) >= 11 is 11.4. The van der Waals surface area contributed by atoms with E-state index in [2.05, 4.69) is 0 Å². The number of rotatable bonds is 4. The molecule has 0 spiro atoms. The van der Waals surface area contributed by atoms with Crippen molar-refractivity contribution in [3.63, 3.8) is 0 Å². The van der Waals surface area contributed by atoms with Crippen LogP contribution in [0, 0.1) is 0 Å². The lowest BCUT2D eigenvalue weighted by Gasteiger charge is -2.16. The fraction of sp³-hybridized carbons (Fsp3) is 0.333. The summed E-state index contributed by atoms with van der Waals surface area (Å²) in [6.07, 6.45) is 0. The van der Waals surface area contributed by atoms with Crippen LogP contribution in [-0.2, 0) is 10.0 Å². The molecule has 7 heteroatoms. The van der Waals surface area contributed by atoms with Crippen LogP contribution < -0.4 is 0 Å². The maximum Gasteiger partial charge on any atom is 0.242 e. The fourth-order valence-electron chi connectivity index (χ4n) is 1.08. The Kier molecular flexibility index (Phi) is 4.58. The van der Waals surface area contributed by atoms with E-state index in [0.717, 1.165) is 4.31 Å². The van der Waals surface area contributed by atoms with Gasteiger partial charge in [0.05, 0.1) is 21.5 Å². The summed E-state index contributed by atoms with van der Waals surface area (Å²) in [4.78, 5) is 0.0536. The molecule has 0 aliphatic rings. The van der Waals surface area contributed by atoms with Crippen LogP contribution in [0.25, 0.3) is 0 Å². The number of nitrogens with zero attached hydrogens (tertiary/aromatic N) is 1. The van der Waals surface area contributed by atoms with Gasteiger partial charge in [0.25, 0.3) is 0 Å². The standard InChI is InChI=1S/C9H11Cl2NO3S/c1-12(4-5-13)16(14,15)7-2-3-8(10)9(11)6-7/h2-3,6,13H,4-5H2,1H3. The summed E-state index contributed by atoms with van der Waals surface area (Å²) in [7, 11) is -2.23. The summed E-state index contributed by atoms with van der Waals surface area (Å²) < 4.78 is 24.8. The van der Waals surface area contributed by atoms with Crippen LogP contribution in [0.3, 0.4) is 0 Å². The zero-order valence-corrected chi connectivity index (χ0v) is 10.8. The topological polar surface area (TPSA) is 57.6 Å². The first-order valence-electron chi connectivity index (χ1n) is 4.42. The van der Waals surface area contributed by atoms with E-state index in [9.17, 15) is 8.42 Å². The van der Waals surface area contributed by atoms with E-state index in [1.165, 1.54) is 25.2 Å². The van der Waals surface area contributed by atoms with Crippen molar-refractivity contribution in [1.29, 1.82) is 0 Å². The Morgan fingerprint density at radius 3 is 2.44 bits per heavy atom. The number of aliphatic hydroxyl groups excluding tert-OH is 1. The Bertz CT molecular complexity index is 476. The third-order valence-corrected chi connectivity index (χ3v) is 4.61. The van der Waals surface area contributed by atoms with E-state index >= 15 is 0 Å². The molecular weight excluding hydrogens is 273 g/mol. The van der Waals surface area contributed by atoms with Gasteiger partial charge in [-0.3, -0.25) is 0 Å². The van der Waals surface area contributed by atoms with Gasteiger partial charge in [-0.05, 0) is 18.2 Å². The van der Waals surface area contributed by atoms with Gasteiger partial charge < -0.3 is 5.11 Å². The van der Waals surface area contributed by atoms with Crippen molar-refractivity contribution in [3.8, 4) is 0 Å². The molecule has 0 atom stereocenters. The van der Waals surface area contributed by atoms with E-state index in [1.807, 2.05) is 0 Å². The highest BCUT2D eigenvalue weighted by molar-refractivity contribution is 7.89. The lowest BCUT2D eigenvalue weighted by Crippen LogP contribution is -2.29. The molecule has 4 nitrogen and oxygen atoms in total. The van der Waals surface area contributed by atoms with Crippen molar-refractivity contribution in [2.45, 2.75) is 4.90 Å². The van der Waals surface area contributed by atoms with Crippen molar-refractivity contribution < 1.29 is 13.5 Å². The quantitative estimate of drug-likeness (QED) is 0.913. The van der Waals surface area contributed by atoms with Crippen LogP contribution in [0.15, 0.2) is 23.1 Å². The molecule has 0 amide bonds. The third-order valence-electron chi connectivity index (χ3n) is 2.01. The minimum Gasteiger partial charge on any atom is -0.395 e. The Morgan fingerprint density at radius 2 is 1.94 bits per heavy atom. The van der Waals surface area contributed by atoms with Gasteiger partial charge in [0.2, 0.25) is 10.0 Å². The van der Waals surface area contributed by atoms with E-state index < -0.39 is 10.0 Å². The molecule has 0 bridgehead atoms. The Labute approximate surface area is 104 Å². The van der Waals surface area contributed by atoms with Gasteiger partial charge in [0.1, 0.15) is 0 Å². The second-order valence-electron chi connectivity index (χ2n) is 3.13. The third kappa shape index (κ3) is 2.87. The summed E-state index contributed by atoms with van der Waals surface area (Å²) in [6, 6.07) is 4.08. The molecule has 0 aliphatic carbocycles. The number of sulfonamides is 1. The minimum absolute atomic E-state index is 0.0303. The highest BCUT2D eigenvalue weighted by atomic mass is 35.5.